The van der Waals surface area contributed by atoms with Gasteiger partial charge in [0.05, 0.1) is 28.5 Å². The molecule has 0 saturated carbocycles. The number of benzene rings is 4. The summed E-state index contributed by atoms with van der Waals surface area (Å²) in [6.45, 7) is 2.55. The van der Waals surface area contributed by atoms with Crippen LogP contribution < -0.4 is 9.80 Å². The molecule has 0 unspecified atom stereocenters. The minimum Gasteiger partial charge on any atom is -0.343 e. The molecule has 1 heterocycles. The molecule has 0 bridgehead atoms. The first-order valence-electron chi connectivity index (χ1n) is 10.6. The molecule has 1 aliphatic rings. The fourth-order valence-electron chi connectivity index (χ4n) is 4.41. The van der Waals surface area contributed by atoms with Crippen molar-refractivity contribution < 1.29 is 4.79 Å². The highest BCUT2D eigenvalue weighted by Crippen LogP contribution is 2.40. The van der Waals surface area contributed by atoms with Gasteiger partial charge >= 0.3 is 0 Å². The zero-order valence-electron chi connectivity index (χ0n) is 18.0. The topological polar surface area (TPSA) is 23.6 Å². The van der Waals surface area contributed by atoms with E-state index in [4.69, 9.17) is 11.6 Å². The number of rotatable bonds is 2. The lowest BCUT2D eigenvalue weighted by atomic mass is 9.99. The molecule has 3 nitrogen and oxygen atoms in total. The fourth-order valence-corrected chi connectivity index (χ4v) is 4.67. The maximum absolute atomic E-state index is 13.8. The van der Waals surface area contributed by atoms with Gasteiger partial charge in [-0.05, 0) is 59.5 Å². The second-order valence-corrected chi connectivity index (χ2v) is 8.48. The highest BCUT2D eigenvalue weighted by atomic mass is 35.5. The summed E-state index contributed by atoms with van der Waals surface area (Å²) in [5.74, 6) is -0.108. The number of carbonyl (C=O) groups excluding carboxylic acids is 1. The third-order valence-corrected chi connectivity index (χ3v) is 6.43. The van der Waals surface area contributed by atoms with E-state index in [9.17, 15) is 4.79 Å². The molecule has 4 aromatic rings. The van der Waals surface area contributed by atoms with Gasteiger partial charge in [-0.15, -0.1) is 0 Å². The minimum absolute atomic E-state index is 0.108. The van der Waals surface area contributed by atoms with Gasteiger partial charge < -0.3 is 9.80 Å². The van der Waals surface area contributed by atoms with Gasteiger partial charge in [-0.2, -0.15) is 0 Å². The lowest BCUT2D eigenvalue weighted by Gasteiger charge is -2.25. The van der Waals surface area contributed by atoms with Crippen molar-refractivity contribution in [1.82, 2.24) is 0 Å². The Balaban J connectivity index is 1.58. The molecule has 0 aromatic heterocycles. The Bertz CT molecular complexity index is 1330. The van der Waals surface area contributed by atoms with E-state index in [0.717, 1.165) is 33.8 Å². The van der Waals surface area contributed by atoms with Crippen LogP contribution in [0.4, 0.5) is 17.1 Å². The van der Waals surface area contributed by atoms with E-state index in [1.165, 1.54) is 5.56 Å². The number of anilines is 3. The SMILES string of the molecule is Cc1ccccc1-c1ccc(C(=O)N2Cc3ccccc3N(C)c3ccccc32)c(Cl)c1. The molecule has 0 saturated heterocycles. The predicted octanol–water partition coefficient (Wildman–Crippen LogP) is 7.24. The summed E-state index contributed by atoms with van der Waals surface area (Å²) in [4.78, 5) is 17.8. The van der Waals surface area contributed by atoms with Crippen molar-refractivity contribution in [3.05, 3.63) is 113 Å². The molecule has 4 aromatic carbocycles. The molecule has 1 aliphatic heterocycles. The molecule has 0 atom stereocenters. The van der Waals surface area contributed by atoms with E-state index in [0.29, 0.717) is 17.1 Å². The summed E-state index contributed by atoms with van der Waals surface area (Å²) in [7, 11) is 2.04. The first kappa shape index (κ1) is 20.3. The van der Waals surface area contributed by atoms with Crippen molar-refractivity contribution in [3.63, 3.8) is 0 Å². The molecule has 0 aliphatic carbocycles. The third kappa shape index (κ3) is 3.45. The Kier molecular flexibility index (Phi) is 5.20. The van der Waals surface area contributed by atoms with Crippen LogP contribution in [0.3, 0.4) is 0 Å². The van der Waals surface area contributed by atoms with Gasteiger partial charge in [0.1, 0.15) is 0 Å². The molecule has 0 N–H and O–H groups in total. The number of amides is 1. The number of aryl methyl sites for hydroxylation is 1. The molecule has 5 rings (SSSR count). The first-order chi connectivity index (χ1) is 15.5. The Morgan fingerprint density at radius 3 is 2.22 bits per heavy atom. The maximum atomic E-state index is 13.8. The van der Waals surface area contributed by atoms with Crippen molar-refractivity contribution in [2.24, 2.45) is 0 Å². The molecule has 32 heavy (non-hydrogen) atoms. The van der Waals surface area contributed by atoms with Crippen LogP contribution in [0.2, 0.25) is 5.02 Å². The van der Waals surface area contributed by atoms with Crippen molar-refractivity contribution >= 4 is 34.6 Å². The normalized spacial score (nSPS) is 12.7. The van der Waals surface area contributed by atoms with Crippen LogP contribution >= 0.6 is 11.6 Å². The van der Waals surface area contributed by atoms with E-state index in [1.54, 1.807) is 0 Å². The molecular formula is C28H23ClN2O. The quantitative estimate of drug-likeness (QED) is 0.329. The first-order valence-corrected chi connectivity index (χ1v) is 11.0. The smallest absolute Gasteiger partial charge is 0.260 e. The Labute approximate surface area is 193 Å². The van der Waals surface area contributed by atoms with Gasteiger partial charge in [0.25, 0.3) is 5.91 Å². The maximum Gasteiger partial charge on any atom is 0.260 e. The summed E-state index contributed by atoms with van der Waals surface area (Å²) in [5, 5.41) is 0.458. The molecule has 0 spiro atoms. The Morgan fingerprint density at radius 2 is 1.47 bits per heavy atom. The highest BCUT2D eigenvalue weighted by molar-refractivity contribution is 6.35. The van der Waals surface area contributed by atoms with Gasteiger partial charge in [-0.1, -0.05) is 72.3 Å². The number of hydrogen-bond donors (Lipinski definition) is 0. The van der Waals surface area contributed by atoms with Crippen LogP contribution in [0, 0.1) is 6.92 Å². The van der Waals surface area contributed by atoms with Crippen molar-refractivity contribution in [2.75, 3.05) is 16.8 Å². The zero-order valence-corrected chi connectivity index (χ0v) is 18.8. The molecule has 1 amide bonds. The predicted molar refractivity (Wildman–Crippen MR) is 133 cm³/mol. The van der Waals surface area contributed by atoms with E-state index < -0.39 is 0 Å². The number of hydrogen-bond acceptors (Lipinski definition) is 2. The van der Waals surface area contributed by atoms with E-state index in [-0.39, 0.29) is 5.91 Å². The van der Waals surface area contributed by atoms with Gasteiger partial charge in [-0.25, -0.2) is 0 Å². The Hall–Kier alpha value is -3.56. The standard InChI is InChI=1S/C28H23ClN2O/c1-19-9-3-5-11-22(19)20-15-16-23(24(29)17-20)28(32)31-18-21-10-4-6-12-25(21)30(2)26-13-7-8-14-27(26)31/h3-17H,18H2,1-2H3. The summed E-state index contributed by atoms with van der Waals surface area (Å²) in [5.41, 5.74) is 7.83. The lowest BCUT2D eigenvalue weighted by molar-refractivity contribution is 0.0985. The van der Waals surface area contributed by atoms with Crippen LogP contribution in [0.15, 0.2) is 91.0 Å². The summed E-state index contributed by atoms with van der Waals surface area (Å²) in [6, 6.07) is 30.1. The van der Waals surface area contributed by atoms with Gasteiger partial charge in [0.15, 0.2) is 0 Å². The Morgan fingerprint density at radius 1 is 0.812 bits per heavy atom. The van der Waals surface area contributed by atoms with Crippen molar-refractivity contribution in [2.45, 2.75) is 13.5 Å². The number of carbonyl (C=O) groups is 1. The highest BCUT2D eigenvalue weighted by Gasteiger charge is 2.28. The summed E-state index contributed by atoms with van der Waals surface area (Å²) < 4.78 is 0. The second kappa shape index (κ2) is 8.18. The van der Waals surface area contributed by atoms with Crippen LogP contribution in [-0.4, -0.2) is 13.0 Å². The largest absolute Gasteiger partial charge is 0.343 e. The monoisotopic (exact) mass is 438 g/mol. The van der Waals surface area contributed by atoms with Gasteiger partial charge in [-0.3, -0.25) is 4.79 Å². The van der Waals surface area contributed by atoms with E-state index >= 15 is 0 Å². The van der Waals surface area contributed by atoms with Crippen LogP contribution in [0.25, 0.3) is 11.1 Å². The third-order valence-electron chi connectivity index (χ3n) is 6.12. The number of halogens is 1. The molecule has 158 valence electrons. The van der Waals surface area contributed by atoms with Crippen LogP contribution in [-0.2, 0) is 6.54 Å². The molecule has 0 fully saturated rings. The molecular weight excluding hydrogens is 416 g/mol. The van der Waals surface area contributed by atoms with E-state index in [2.05, 4.69) is 36.1 Å². The van der Waals surface area contributed by atoms with Crippen LogP contribution in [0.1, 0.15) is 21.5 Å². The van der Waals surface area contributed by atoms with Crippen molar-refractivity contribution in [3.8, 4) is 11.1 Å². The summed E-state index contributed by atoms with van der Waals surface area (Å²) >= 11 is 6.68. The summed E-state index contributed by atoms with van der Waals surface area (Å²) in [6.07, 6.45) is 0. The van der Waals surface area contributed by atoms with Gasteiger partial charge in [0, 0.05) is 12.7 Å². The van der Waals surface area contributed by atoms with Gasteiger partial charge in [0.2, 0.25) is 0 Å². The second-order valence-electron chi connectivity index (χ2n) is 8.08. The molecule has 4 heteroatoms. The lowest BCUT2D eigenvalue weighted by Crippen LogP contribution is -2.30. The average molecular weight is 439 g/mol. The van der Waals surface area contributed by atoms with E-state index in [1.807, 2.05) is 78.7 Å². The molecule has 0 radical (unpaired) electrons. The number of fused-ring (bicyclic) bond motifs is 2. The van der Waals surface area contributed by atoms with Crippen LogP contribution in [0.5, 0.6) is 0 Å². The fraction of sp³-hybridized carbons (Fsp3) is 0.107. The van der Waals surface area contributed by atoms with Crippen molar-refractivity contribution in [1.29, 1.82) is 0 Å². The zero-order chi connectivity index (χ0) is 22.2. The minimum atomic E-state index is -0.108. The number of para-hydroxylation sites is 3. The average Bonchev–Trinajstić information content (AvgIpc) is 2.94. The number of nitrogens with zero attached hydrogens (tertiary/aromatic N) is 2.